The van der Waals surface area contributed by atoms with E-state index in [-0.39, 0.29) is 17.0 Å². The van der Waals surface area contributed by atoms with Gasteiger partial charge in [-0.15, -0.1) is 0 Å². The third-order valence-corrected chi connectivity index (χ3v) is 3.47. The number of nitro benzene ring substituents is 1. The van der Waals surface area contributed by atoms with Crippen molar-refractivity contribution < 1.29 is 19.6 Å². The van der Waals surface area contributed by atoms with Gasteiger partial charge in [0.15, 0.2) is 0 Å². The molecule has 0 heterocycles. The van der Waals surface area contributed by atoms with Crippen molar-refractivity contribution in [2.24, 2.45) is 5.10 Å². The second-order valence-corrected chi connectivity index (χ2v) is 5.30. The molecule has 1 unspecified atom stereocenters. The number of phenols is 1. The average Bonchev–Trinajstić information content (AvgIpc) is 2.63. The molecule has 2 aromatic carbocycles. The Hall–Kier alpha value is -3.62. The van der Waals surface area contributed by atoms with Gasteiger partial charge in [0.1, 0.15) is 17.5 Å². The average molecular weight is 358 g/mol. The van der Waals surface area contributed by atoms with Crippen molar-refractivity contribution in [3.05, 3.63) is 58.1 Å². The number of hydrazone groups is 1. The van der Waals surface area contributed by atoms with Crippen molar-refractivity contribution in [3.8, 4) is 11.5 Å². The quantitative estimate of drug-likeness (QED) is 0.396. The second kappa shape index (κ2) is 8.47. The summed E-state index contributed by atoms with van der Waals surface area (Å²) < 4.78 is 5.20. The number of amides is 1. The van der Waals surface area contributed by atoms with Gasteiger partial charge < -0.3 is 15.2 Å². The second-order valence-electron chi connectivity index (χ2n) is 5.30. The molecule has 136 valence electrons. The number of benzene rings is 2. The number of nitrogens with zero attached hydrogens (tertiary/aromatic N) is 2. The predicted molar refractivity (Wildman–Crippen MR) is 96.6 cm³/mol. The number of carbonyl (C=O) groups is 1. The summed E-state index contributed by atoms with van der Waals surface area (Å²) in [7, 11) is 1.53. The van der Waals surface area contributed by atoms with Crippen LogP contribution in [0.25, 0.3) is 0 Å². The minimum absolute atomic E-state index is 0.116. The smallest absolute Gasteiger partial charge is 0.270 e. The predicted octanol–water partition coefficient (Wildman–Crippen LogP) is 2.26. The van der Waals surface area contributed by atoms with Crippen molar-refractivity contribution in [3.63, 3.8) is 0 Å². The van der Waals surface area contributed by atoms with E-state index < -0.39 is 16.9 Å². The molecule has 3 N–H and O–H groups in total. The van der Waals surface area contributed by atoms with E-state index >= 15 is 0 Å². The first kappa shape index (κ1) is 18.7. The molecule has 0 spiro atoms. The third-order valence-electron chi connectivity index (χ3n) is 3.47. The number of rotatable bonds is 7. The molecule has 26 heavy (non-hydrogen) atoms. The van der Waals surface area contributed by atoms with E-state index in [1.807, 2.05) is 6.07 Å². The molecular formula is C17H18N4O5. The van der Waals surface area contributed by atoms with E-state index in [9.17, 15) is 20.0 Å². The van der Waals surface area contributed by atoms with Crippen LogP contribution in [-0.2, 0) is 4.79 Å². The van der Waals surface area contributed by atoms with E-state index in [1.165, 1.54) is 19.2 Å². The Balaban J connectivity index is 2.00. The molecule has 0 saturated carbocycles. The van der Waals surface area contributed by atoms with Gasteiger partial charge in [0, 0.05) is 17.7 Å². The summed E-state index contributed by atoms with van der Waals surface area (Å²) in [5.74, 6) is -0.0250. The third kappa shape index (κ3) is 4.69. The van der Waals surface area contributed by atoms with E-state index in [4.69, 9.17) is 4.74 Å². The molecule has 0 aliphatic heterocycles. The summed E-state index contributed by atoms with van der Waals surface area (Å²) >= 11 is 0. The lowest BCUT2D eigenvalue weighted by Gasteiger charge is -2.15. The first-order valence-corrected chi connectivity index (χ1v) is 7.62. The first-order chi connectivity index (χ1) is 12.4. The van der Waals surface area contributed by atoms with E-state index in [2.05, 4.69) is 15.8 Å². The van der Waals surface area contributed by atoms with Gasteiger partial charge in [-0.1, -0.05) is 12.1 Å². The molecular weight excluding hydrogens is 340 g/mol. The van der Waals surface area contributed by atoms with Crippen LogP contribution in [0, 0.1) is 10.1 Å². The fourth-order valence-corrected chi connectivity index (χ4v) is 2.08. The molecule has 0 saturated heterocycles. The number of carbonyl (C=O) groups excluding carboxylic acids is 1. The lowest BCUT2D eigenvalue weighted by molar-refractivity contribution is -0.384. The lowest BCUT2D eigenvalue weighted by atomic mass is 10.2. The van der Waals surface area contributed by atoms with Crippen molar-refractivity contribution in [1.29, 1.82) is 0 Å². The SMILES string of the molecule is COc1ccccc1NC(C)C(=O)NN=Cc1cc([N+](=O)[O-])ccc1O. The Morgan fingerprint density at radius 2 is 2.08 bits per heavy atom. The summed E-state index contributed by atoms with van der Waals surface area (Å²) in [5, 5.41) is 27.2. The number of nitro groups is 1. The number of anilines is 1. The molecule has 0 fully saturated rings. The Morgan fingerprint density at radius 1 is 1.35 bits per heavy atom. The minimum atomic E-state index is -0.623. The number of hydrogen-bond acceptors (Lipinski definition) is 7. The van der Waals surface area contributed by atoms with Crippen molar-refractivity contribution in [2.45, 2.75) is 13.0 Å². The number of methoxy groups -OCH3 is 1. The zero-order valence-electron chi connectivity index (χ0n) is 14.2. The van der Waals surface area contributed by atoms with E-state index in [0.29, 0.717) is 11.4 Å². The van der Waals surface area contributed by atoms with Crippen LogP contribution in [0.2, 0.25) is 0 Å². The monoisotopic (exact) mass is 358 g/mol. The molecule has 2 rings (SSSR count). The highest BCUT2D eigenvalue weighted by Crippen LogP contribution is 2.24. The van der Waals surface area contributed by atoms with Crippen LogP contribution in [0.3, 0.4) is 0 Å². The maximum Gasteiger partial charge on any atom is 0.270 e. The number of phenolic OH excluding ortho intramolecular Hbond substituents is 1. The summed E-state index contributed by atoms with van der Waals surface area (Å²) in [6.45, 7) is 1.64. The van der Waals surface area contributed by atoms with Crippen LogP contribution < -0.4 is 15.5 Å². The number of non-ortho nitro benzene ring substituents is 1. The van der Waals surface area contributed by atoms with E-state index in [0.717, 1.165) is 12.3 Å². The summed E-state index contributed by atoms with van der Waals surface area (Å²) in [6, 6.07) is 10.0. The Labute approximate surface area is 149 Å². The molecule has 2 aromatic rings. The number of ether oxygens (including phenoxy) is 1. The van der Waals surface area contributed by atoms with Crippen LogP contribution in [0.15, 0.2) is 47.6 Å². The van der Waals surface area contributed by atoms with Gasteiger partial charge in [-0.25, -0.2) is 5.43 Å². The summed E-state index contributed by atoms with van der Waals surface area (Å²) in [5.41, 5.74) is 2.88. The van der Waals surface area contributed by atoms with Gasteiger partial charge in [-0.05, 0) is 25.1 Å². The van der Waals surface area contributed by atoms with Crippen LogP contribution in [0.1, 0.15) is 12.5 Å². The summed E-state index contributed by atoms with van der Waals surface area (Å²) in [4.78, 5) is 22.3. The van der Waals surface area contributed by atoms with E-state index in [1.54, 1.807) is 25.1 Å². The Morgan fingerprint density at radius 3 is 2.77 bits per heavy atom. The highest BCUT2D eigenvalue weighted by molar-refractivity contribution is 5.88. The number of hydrogen-bond donors (Lipinski definition) is 3. The molecule has 0 radical (unpaired) electrons. The van der Waals surface area contributed by atoms with Crippen molar-refractivity contribution in [2.75, 3.05) is 12.4 Å². The fraction of sp³-hybridized carbons (Fsp3) is 0.176. The van der Waals surface area contributed by atoms with Gasteiger partial charge in [0.25, 0.3) is 11.6 Å². The van der Waals surface area contributed by atoms with Crippen LogP contribution in [0.5, 0.6) is 11.5 Å². The molecule has 0 aliphatic carbocycles. The number of nitrogens with one attached hydrogen (secondary N) is 2. The molecule has 9 nitrogen and oxygen atoms in total. The van der Waals surface area contributed by atoms with Gasteiger partial charge >= 0.3 is 0 Å². The van der Waals surface area contributed by atoms with Crippen LogP contribution in [0.4, 0.5) is 11.4 Å². The maximum absolute atomic E-state index is 12.1. The fourth-order valence-electron chi connectivity index (χ4n) is 2.08. The van der Waals surface area contributed by atoms with Crippen molar-refractivity contribution >= 4 is 23.5 Å². The zero-order chi connectivity index (χ0) is 19.1. The van der Waals surface area contributed by atoms with Crippen LogP contribution >= 0.6 is 0 Å². The highest BCUT2D eigenvalue weighted by Gasteiger charge is 2.14. The lowest BCUT2D eigenvalue weighted by Crippen LogP contribution is -2.35. The normalized spacial score (nSPS) is 11.8. The Bertz CT molecular complexity index is 838. The van der Waals surface area contributed by atoms with Crippen LogP contribution in [-0.4, -0.2) is 35.3 Å². The molecule has 0 bridgehead atoms. The van der Waals surface area contributed by atoms with Crippen molar-refractivity contribution in [1.82, 2.24) is 5.43 Å². The van der Waals surface area contributed by atoms with Gasteiger partial charge in [0.05, 0.1) is 23.9 Å². The van der Waals surface area contributed by atoms with Gasteiger partial charge in [-0.3, -0.25) is 14.9 Å². The molecule has 9 heteroatoms. The first-order valence-electron chi connectivity index (χ1n) is 7.62. The maximum atomic E-state index is 12.1. The molecule has 1 atom stereocenters. The minimum Gasteiger partial charge on any atom is -0.507 e. The van der Waals surface area contributed by atoms with Gasteiger partial charge in [0.2, 0.25) is 0 Å². The number of aromatic hydroxyl groups is 1. The summed E-state index contributed by atoms with van der Waals surface area (Å²) in [6.07, 6.45) is 1.13. The highest BCUT2D eigenvalue weighted by atomic mass is 16.6. The zero-order valence-corrected chi connectivity index (χ0v) is 14.2. The molecule has 0 aromatic heterocycles. The topological polar surface area (TPSA) is 126 Å². The number of para-hydroxylation sites is 2. The standard InChI is InChI=1S/C17H18N4O5/c1-11(19-14-5-3-4-6-16(14)26-2)17(23)20-18-10-12-9-13(21(24)25)7-8-15(12)22/h3-11,19,22H,1-2H3,(H,20,23). The van der Waals surface area contributed by atoms with Gasteiger partial charge in [-0.2, -0.15) is 5.10 Å². The molecule has 1 amide bonds. The largest absolute Gasteiger partial charge is 0.507 e. The molecule has 0 aliphatic rings. The Kier molecular flexibility index (Phi) is 6.10.